The highest BCUT2D eigenvalue weighted by Crippen LogP contribution is 2.30. The van der Waals surface area contributed by atoms with Crippen molar-refractivity contribution in [2.45, 2.75) is 6.92 Å². The molecule has 0 radical (unpaired) electrons. The van der Waals surface area contributed by atoms with Crippen LogP contribution in [0.2, 0.25) is 0 Å². The summed E-state index contributed by atoms with van der Waals surface area (Å²) >= 11 is 1.36. The number of hydrogen-bond donors (Lipinski definition) is 1. The molecule has 0 saturated heterocycles. The van der Waals surface area contributed by atoms with Gasteiger partial charge in [-0.3, -0.25) is 10.2 Å². The fourth-order valence-corrected chi connectivity index (χ4v) is 4.76. The smallest absolute Gasteiger partial charge is 0.303 e. The number of benzene rings is 4. The van der Waals surface area contributed by atoms with E-state index in [0.29, 0.717) is 22.3 Å². The Morgan fingerprint density at radius 3 is 2.18 bits per heavy atom. The third kappa shape index (κ3) is 5.32. The molecule has 0 fully saturated rings. The summed E-state index contributed by atoms with van der Waals surface area (Å²) in [5.41, 5.74) is 8.13. The van der Waals surface area contributed by atoms with Gasteiger partial charge < -0.3 is 4.74 Å². The molecule has 190 valence electrons. The van der Waals surface area contributed by atoms with Crippen molar-refractivity contribution in [2.24, 2.45) is 10.2 Å². The summed E-state index contributed by atoms with van der Waals surface area (Å²) in [5, 5.41) is 12.9. The van der Waals surface area contributed by atoms with Gasteiger partial charge in [-0.05, 0) is 43.3 Å². The Labute approximate surface area is 229 Å². The molecular formula is C31H23N5O2S. The predicted octanol–water partition coefficient (Wildman–Crippen LogP) is 7.13. The van der Waals surface area contributed by atoms with Gasteiger partial charge in [-0.25, -0.2) is 4.98 Å². The number of anilines is 2. The Bertz CT molecular complexity index is 1660. The van der Waals surface area contributed by atoms with E-state index in [1.54, 1.807) is 0 Å². The van der Waals surface area contributed by atoms with Gasteiger partial charge in [0.15, 0.2) is 5.71 Å². The second-order valence-corrected chi connectivity index (χ2v) is 9.66. The largest absolute Gasteiger partial charge is 0.457 e. The molecule has 0 saturated carbocycles. The van der Waals surface area contributed by atoms with E-state index < -0.39 is 0 Å². The number of rotatable bonds is 7. The lowest BCUT2D eigenvalue weighted by Crippen LogP contribution is -2.28. The molecule has 0 atom stereocenters. The highest BCUT2D eigenvalue weighted by atomic mass is 32.1. The van der Waals surface area contributed by atoms with Gasteiger partial charge in [0.2, 0.25) is 5.13 Å². The summed E-state index contributed by atoms with van der Waals surface area (Å²) in [5.74, 6) is 1.10. The fraction of sp³-hybridized carbons (Fsp3) is 0.0323. The molecule has 1 N–H and O–H groups in total. The SMILES string of the molecule is Cc1ccc(-c2csc(N3N=C(c4ccccc4)C(=NNc4ccc(Oc5ccccc5)cc4)C3=O)n2)cc1. The van der Waals surface area contributed by atoms with E-state index in [9.17, 15) is 4.79 Å². The van der Waals surface area contributed by atoms with Crippen LogP contribution in [0, 0.1) is 6.92 Å². The molecule has 1 aromatic heterocycles. The van der Waals surface area contributed by atoms with Gasteiger partial charge in [0.05, 0.1) is 11.4 Å². The lowest BCUT2D eigenvalue weighted by atomic mass is 10.1. The van der Waals surface area contributed by atoms with E-state index in [-0.39, 0.29) is 11.6 Å². The summed E-state index contributed by atoms with van der Waals surface area (Å²) in [6, 6.07) is 34.6. The minimum absolute atomic E-state index is 0.206. The number of carbonyl (C=O) groups is 1. The van der Waals surface area contributed by atoms with Crippen LogP contribution in [0.1, 0.15) is 11.1 Å². The molecule has 8 heteroatoms. The summed E-state index contributed by atoms with van der Waals surface area (Å²) < 4.78 is 5.86. The molecular weight excluding hydrogens is 506 g/mol. The van der Waals surface area contributed by atoms with E-state index in [1.807, 2.05) is 121 Å². The predicted molar refractivity (Wildman–Crippen MR) is 157 cm³/mol. The molecule has 0 spiro atoms. The lowest BCUT2D eigenvalue weighted by molar-refractivity contribution is -0.112. The first-order valence-corrected chi connectivity index (χ1v) is 13.2. The maximum Gasteiger partial charge on any atom is 0.303 e. The molecule has 4 aromatic carbocycles. The lowest BCUT2D eigenvalue weighted by Gasteiger charge is -2.08. The average molecular weight is 530 g/mol. The second-order valence-electron chi connectivity index (χ2n) is 8.82. The highest BCUT2D eigenvalue weighted by molar-refractivity contribution is 7.14. The molecule has 7 nitrogen and oxygen atoms in total. The zero-order valence-electron chi connectivity index (χ0n) is 21.0. The van der Waals surface area contributed by atoms with Crippen molar-refractivity contribution in [1.29, 1.82) is 0 Å². The van der Waals surface area contributed by atoms with Crippen molar-refractivity contribution in [1.82, 2.24) is 4.98 Å². The van der Waals surface area contributed by atoms with Crippen LogP contribution in [0.3, 0.4) is 0 Å². The summed E-state index contributed by atoms with van der Waals surface area (Å²) in [4.78, 5) is 18.2. The number of amides is 1. The van der Waals surface area contributed by atoms with E-state index in [4.69, 9.17) is 9.72 Å². The monoisotopic (exact) mass is 529 g/mol. The number of ether oxygens (including phenoxy) is 1. The Kier molecular flexibility index (Phi) is 6.67. The van der Waals surface area contributed by atoms with E-state index in [1.165, 1.54) is 21.9 Å². The molecule has 1 aliphatic rings. The number of aryl methyl sites for hydroxylation is 1. The van der Waals surface area contributed by atoms with Gasteiger partial charge in [0, 0.05) is 16.5 Å². The Hall–Kier alpha value is -5.08. The van der Waals surface area contributed by atoms with E-state index in [2.05, 4.69) is 15.6 Å². The van der Waals surface area contributed by atoms with Crippen molar-refractivity contribution in [3.8, 4) is 22.8 Å². The van der Waals surface area contributed by atoms with Crippen LogP contribution in [0.25, 0.3) is 11.3 Å². The van der Waals surface area contributed by atoms with Crippen molar-refractivity contribution in [2.75, 3.05) is 10.4 Å². The van der Waals surface area contributed by atoms with Crippen molar-refractivity contribution >= 4 is 39.5 Å². The quantitative estimate of drug-likeness (QED) is 0.228. The number of carbonyl (C=O) groups excluding carboxylic acids is 1. The molecule has 1 aliphatic heterocycles. The Balaban J connectivity index is 1.25. The van der Waals surface area contributed by atoms with Crippen molar-refractivity contribution < 1.29 is 9.53 Å². The molecule has 6 rings (SSSR count). The van der Waals surface area contributed by atoms with Gasteiger partial charge in [0.25, 0.3) is 0 Å². The van der Waals surface area contributed by atoms with E-state index in [0.717, 1.165) is 22.6 Å². The minimum Gasteiger partial charge on any atom is -0.457 e. The van der Waals surface area contributed by atoms with Crippen LogP contribution in [0.4, 0.5) is 10.8 Å². The number of thiazole rings is 1. The van der Waals surface area contributed by atoms with Gasteiger partial charge in [-0.15, -0.1) is 11.3 Å². The minimum atomic E-state index is -0.352. The number of nitrogens with zero attached hydrogens (tertiary/aromatic N) is 4. The Morgan fingerprint density at radius 1 is 0.795 bits per heavy atom. The second kappa shape index (κ2) is 10.7. The van der Waals surface area contributed by atoms with Crippen LogP contribution in [0.5, 0.6) is 11.5 Å². The first-order chi connectivity index (χ1) is 19.1. The number of aromatic nitrogens is 1. The van der Waals surface area contributed by atoms with Gasteiger partial charge in [-0.2, -0.15) is 15.2 Å². The van der Waals surface area contributed by atoms with Crippen LogP contribution in [-0.2, 0) is 4.79 Å². The molecule has 0 bridgehead atoms. The van der Waals surface area contributed by atoms with Gasteiger partial charge >= 0.3 is 5.91 Å². The van der Waals surface area contributed by atoms with Crippen LogP contribution in [0.15, 0.2) is 125 Å². The van der Waals surface area contributed by atoms with E-state index >= 15 is 0 Å². The molecule has 2 heterocycles. The summed E-state index contributed by atoms with van der Waals surface area (Å²) in [7, 11) is 0. The molecule has 0 aliphatic carbocycles. The van der Waals surface area contributed by atoms with Crippen molar-refractivity contribution in [3.63, 3.8) is 0 Å². The third-order valence-electron chi connectivity index (χ3n) is 6.02. The average Bonchev–Trinajstić information content (AvgIpc) is 3.59. The normalized spacial score (nSPS) is 14.0. The number of para-hydroxylation sites is 1. The first-order valence-electron chi connectivity index (χ1n) is 12.3. The topological polar surface area (TPSA) is 79.2 Å². The van der Waals surface area contributed by atoms with Gasteiger partial charge in [-0.1, -0.05) is 78.4 Å². The maximum absolute atomic E-state index is 13.5. The molecule has 39 heavy (non-hydrogen) atoms. The molecule has 0 unspecified atom stereocenters. The molecule has 1 amide bonds. The highest BCUT2D eigenvalue weighted by Gasteiger charge is 2.35. The summed E-state index contributed by atoms with van der Waals surface area (Å²) in [6.07, 6.45) is 0. The first kappa shape index (κ1) is 24.3. The number of hydrazone groups is 2. The molecule has 5 aromatic rings. The number of nitrogens with one attached hydrogen (secondary N) is 1. The zero-order chi connectivity index (χ0) is 26.6. The van der Waals surface area contributed by atoms with Gasteiger partial charge in [0.1, 0.15) is 17.2 Å². The zero-order valence-corrected chi connectivity index (χ0v) is 21.8. The van der Waals surface area contributed by atoms with Crippen molar-refractivity contribution in [3.05, 3.63) is 126 Å². The van der Waals surface area contributed by atoms with Crippen LogP contribution >= 0.6 is 11.3 Å². The standard InChI is InChI=1S/C31H23N5O2S/c1-21-12-14-22(15-13-21)27-20-39-31(32-27)36-30(37)29(28(35-36)23-8-4-2-5-9-23)34-33-24-16-18-26(19-17-24)38-25-10-6-3-7-11-25/h2-20,33H,1H3. The third-order valence-corrected chi connectivity index (χ3v) is 6.83. The number of hydrogen-bond acceptors (Lipinski definition) is 7. The maximum atomic E-state index is 13.5. The summed E-state index contributed by atoms with van der Waals surface area (Å²) in [6.45, 7) is 2.04. The fourth-order valence-electron chi connectivity index (χ4n) is 3.98. The van der Waals surface area contributed by atoms with Crippen LogP contribution in [-0.4, -0.2) is 22.3 Å². The Morgan fingerprint density at radius 2 is 1.46 bits per heavy atom. The van der Waals surface area contributed by atoms with Crippen LogP contribution < -0.4 is 15.2 Å².